The third-order valence-electron chi connectivity index (χ3n) is 5.00. The van der Waals surface area contributed by atoms with Crippen molar-refractivity contribution in [3.63, 3.8) is 0 Å². The van der Waals surface area contributed by atoms with Crippen LogP contribution in [-0.4, -0.2) is 24.3 Å². The van der Waals surface area contributed by atoms with E-state index in [1.165, 1.54) is 11.3 Å². The van der Waals surface area contributed by atoms with Gasteiger partial charge in [0, 0.05) is 23.3 Å². The van der Waals surface area contributed by atoms with Crippen LogP contribution in [0.1, 0.15) is 59.8 Å². The molecule has 1 atom stereocenters. The Morgan fingerprint density at radius 3 is 2.58 bits per heavy atom. The summed E-state index contributed by atoms with van der Waals surface area (Å²) in [5, 5.41) is 6.52. The Kier molecular flexibility index (Phi) is 5.93. The molecule has 5 N–H and O–H groups in total. The highest BCUT2D eigenvalue weighted by molar-refractivity contribution is 7.17. The first-order chi connectivity index (χ1) is 12.5. The van der Waals surface area contributed by atoms with Crippen molar-refractivity contribution in [1.29, 1.82) is 0 Å². The number of thiophene rings is 1. The van der Waals surface area contributed by atoms with Gasteiger partial charge in [-0.25, -0.2) is 5.84 Å². The third-order valence-corrected chi connectivity index (χ3v) is 6.21. The molecule has 1 saturated carbocycles. The van der Waals surface area contributed by atoms with Crippen LogP contribution in [0.3, 0.4) is 0 Å². The van der Waals surface area contributed by atoms with Gasteiger partial charge >= 0.3 is 0 Å². The highest BCUT2D eigenvalue weighted by Gasteiger charge is 2.34. The molecular weight excluding hydrogens is 352 g/mol. The van der Waals surface area contributed by atoms with Gasteiger partial charge < -0.3 is 10.6 Å². The summed E-state index contributed by atoms with van der Waals surface area (Å²) in [5.41, 5.74) is 3.63. The van der Waals surface area contributed by atoms with Crippen molar-refractivity contribution in [2.24, 2.45) is 17.7 Å². The zero-order chi connectivity index (χ0) is 18.7. The Balaban J connectivity index is 1.86. The summed E-state index contributed by atoms with van der Waals surface area (Å²) in [6.07, 6.45) is 5.61. The van der Waals surface area contributed by atoms with E-state index in [9.17, 15) is 14.4 Å². The van der Waals surface area contributed by atoms with Gasteiger partial charge in [-0.05, 0) is 44.1 Å². The maximum atomic E-state index is 12.8. The van der Waals surface area contributed by atoms with Gasteiger partial charge in [-0.2, -0.15) is 0 Å². The second-order valence-corrected chi connectivity index (χ2v) is 8.13. The van der Waals surface area contributed by atoms with E-state index in [0.29, 0.717) is 36.4 Å². The molecule has 1 aromatic heterocycles. The summed E-state index contributed by atoms with van der Waals surface area (Å²) >= 11 is 1.47. The number of hydrogen-bond acceptors (Lipinski definition) is 5. The van der Waals surface area contributed by atoms with Crippen molar-refractivity contribution in [3.05, 3.63) is 16.0 Å². The second kappa shape index (κ2) is 8.18. The molecule has 7 nitrogen and oxygen atoms in total. The minimum Gasteiger partial charge on any atom is -0.352 e. The average Bonchev–Trinajstić information content (AvgIpc) is 3.42. The SMILES string of the molecule is CCCCNC(=O)c1c(NC(=O)C2CC2)sc2c1CC(C(=O)NN)CC2. The molecule has 2 aliphatic carbocycles. The maximum absolute atomic E-state index is 12.8. The minimum atomic E-state index is -0.240. The summed E-state index contributed by atoms with van der Waals surface area (Å²) in [5.74, 6) is 4.72. The summed E-state index contributed by atoms with van der Waals surface area (Å²) in [6.45, 7) is 2.67. The summed E-state index contributed by atoms with van der Waals surface area (Å²) in [6, 6.07) is 0. The van der Waals surface area contributed by atoms with Crippen LogP contribution in [-0.2, 0) is 22.4 Å². The summed E-state index contributed by atoms with van der Waals surface area (Å²) < 4.78 is 0. The molecular formula is C18H26N4O3S. The highest BCUT2D eigenvalue weighted by Crippen LogP contribution is 2.41. The number of hydrazine groups is 1. The normalized spacial score (nSPS) is 18.8. The molecule has 0 saturated heterocycles. The van der Waals surface area contributed by atoms with Crippen LogP contribution in [0.5, 0.6) is 0 Å². The van der Waals surface area contributed by atoms with Crippen LogP contribution in [0, 0.1) is 11.8 Å². The molecule has 1 fully saturated rings. The van der Waals surface area contributed by atoms with Crippen molar-refractivity contribution in [2.75, 3.05) is 11.9 Å². The number of carbonyl (C=O) groups excluding carboxylic acids is 3. The van der Waals surface area contributed by atoms with Crippen LogP contribution in [0.15, 0.2) is 0 Å². The van der Waals surface area contributed by atoms with E-state index in [1.807, 2.05) is 0 Å². The van der Waals surface area contributed by atoms with Crippen molar-refractivity contribution < 1.29 is 14.4 Å². The van der Waals surface area contributed by atoms with E-state index in [1.54, 1.807) is 0 Å². The Morgan fingerprint density at radius 2 is 1.92 bits per heavy atom. The maximum Gasteiger partial charge on any atom is 0.254 e. The molecule has 3 amide bonds. The molecule has 0 aliphatic heterocycles. The molecule has 1 unspecified atom stereocenters. The van der Waals surface area contributed by atoms with Gasteiger partial charge in [0.25, 0.3) is 5.91 Å². The zero-order valence-corrected chi connectivity index (χ0v) is 15.8. The third kappa shape index (κ3) is 4.07. The molecule has 3 rings (SSSR count). The van der Waals surface area contributed by atoms with Gasteiger partial charge in [-0.3, -0.25) is 19.8 Å². The van der Waals surface area contributed by atoms with E-state index in [0.717, 1.165) is 36.1 Å². The number of nitrogens with two attached hydrogens (primary N) is 1. The van der Waals surface area contributed by atoms with Gasteiger partial charge in [-0.1, -0.05) is 13.3 Å². The number of aryl methyl sites for hydroxylation is 1. The van der Waals surface area contributed by atoms with Gasteiger partial charge in [0.2, 0.25) is 11.8 Å². The van der Waals surface area contributed by atoms with Crippen molar-refractivity contribution in [3.8, 4) is 0 Å². The molecule has 142 valence electrons. The monoisotopic (exact) mass is 378 g/mol. The predicted molar refractivity (Wildman–Crippen MR) is 101 cm³/mol. The topological polar surface area (TPSA) is 113 Å². The van der Waals surface area contributed by atoms with E-state index in [2.05, 4.69) is 23.0 Å². The standard InChI is InChI=1S/C18H26N4O3S/c1-2-3-8-20-17(25)14-12-9-11(16(24)22-19)6-7-13(12)26-18(14)21-15(23)10-4-5-10/h10-11H,2-9,19H2,1H3,(H,20,25)(H,21,23)(H,22,24). The lowest BCUT2D eigenvalue weighted by Crippen LogP contribution is -2.38. The van der Waals surface area contributed by atoms with E-state index >= 15 is 0 Å². The van der Waals surface area contributed by atoms with Crippen molar-refractivity contribution in [2.45, 2.75) is 51.9 Å². The Morgan fingerprint density at radius 1 is 1.15 bits per heavy atom. The van der Waals surface area contributed by atoms with E-state index in [4.69, 9.17) is 5.84 Å². The van der Waals surface area contributed by atoms with Crippen LogP contribution in [0.25, 0.3) is 0 Å². The van der Waals surface area contributed by atoms with Gasteiger partial charge in [0.1, 0.15) is 5.00 Å². The van der Waals surface area contributed by atoms with Gasteiger partial charge in [0.15, 0.2) is 0 Å². The fraction of sp³-hybridized carbons (Fsp3) is 0.611. The fourth-order valence-corrected chi connectivity index (χ4v) is 4.52. The van der Waals surface area contributed by atoms with Gasteiger partial charge in [-0.15, -0.1) is 11.3 Å². The zero-order valence-electron chi connectivity index (χ0n) is 15.0. The molecule has 0 aromatic carbocycles. The quantitative estimate of drug-likeness (QED) is 0.250. The van der Waals surface area contributed by atoms with Gasteiger partial charge in [0.05, 0.1) is 5.56 Å². The second-order valence-electron chi connectivity index (χ2n) is 7.03. The summed E-state index contributed by atoms with van der Waals surface area (Å²) in [7, 11) is 0. The molecule has 1 heterocycles. The van der Waals surface area contributed by atoms with Crippen LogP contribution < -0.4 is 21.9 Å². The van der Waals surface area contributed by atoms with E-state index < -0.39 is 0 Å². The predicted octanol–water partition coefficient (Wildman–Crippen LogP) is 1.72. The number of carbonyl (C=O) groups is 3. The van der Waals surface area contributed by atoms with Crippen LogP contribution >= 0.6 is 11.3 Å². The lowest BCUT2D eigenvalue weighted by atomic mass is 9.85. The minimum absolute atomic E-state index is 0.0116. The van der Waals surface area contributed by atoms with Crippen LogP contribution in [0.2, 0.25) is 0 Å². The van der Waals surface area contributed by atoms with Crippen LogP contribution in [0.4, 0.5) is 5.00 Å². The number of nitrogens with one attached hydrogen (secondary N) is 3. The highest BCUT2D eigenvalue weighted by atomic mass is 32.1. The fourth-order valence-electron chi connectivity index (χ4n) is 3.28. The Hall–Kier alpha value is -1.93. The molecule has 8 heteroatoms. The molecule has 26 heavy (non-hydrogen) atoms. The Bertz CT molecular complexity index is 712. The molecule has 0 spiro atoms. The van der Waals surface area contributed by atoms with Crippen molar-refractivity contribution >= 4 is 34.1 Å². The average molecular weight is 378 g/mol. The molecule has 1 aromatic rings. The number of hydrogen-bond donors (Lipinski definition) is 4. The molecule has 0 radical (unpaired) electrons. The summed E-state index contributed by atoms with van der Waals surface area (Å²) in [4.78, 5) is 38.1. The molecule has 2 aliphatic rings. The van der Waals surface area contributed by atoms with E-state index in [-0.39, 0.29) is 29.6 Å². The first-order valence-electron chi connectivity index (χ1n) is 9.29. The first kappa shape index (κ1) is 18.8. The lowest BCUT2D eigenvalue weighted by Gasteiger charge is -2.21. The lowest BCUT2D eigenvalue weighted by molar-refractivity contribution is -0.125. The number of fused-ring (bicyclic) bond motifs is 1. The number of rotatable bonds is 7. The molecule has 0 bridgehead atoms. The first-order valence-corrected chi connectivity index (χ1v) is 10.1. The number of anilines is 1. The smallest absolute Gasteiger partial charge is 0.254 e. The number of amides is 3. The number of unbranched alkanes of at least 4 members (excludes halogenated alkanes) is 1. The Labute approximate surface area is 157 Å². The van der Waals surface area contributed by atoms with Crippen molar-refractivity contribution in [1.82, 2.24) is 10.7 Å². The largest absolute Gasteiger partial charge is 0.352 e.